The quantitative estimate of drug-likeness (QED) is 0.796. The molecule has 1 fully saturated rings. The summed E-state index contributed by atoms with van der Waals surface area (Å²) in [6.45, 7) is 6.00. The van der Waals surface area contributed by atoms with Gasteiger partial charge in [-0.3, -0.25) is 14.5 Å². The number of ketones is 1. The van der Waals surface area contributed by atoms with Gasteiger partial charge in [0.15, 0.2) is 5.60 Å². The fourth-order valence-corrected chi connectivity index (χ4v) is 4.96. The number of amides is 1. The zero-order valence-electron chi connectivity index (χ0n) is 15.1. The number of hydrogen-bond donors (Lipinski definition) is 1. The van der Waals surface area contributed by atoms with Crippen LogP contribution in [-0.2, 0) is 15.2 Å². The summed E-state index contributed by atoms with van der Waals surface area (Å²) in [5, 5.41) is 11.7. The first-order chi connectivity index (χ1) is 11.8. The normalized spacial score (nSPS) is 30.8. The van der Waals surface area contributed by atoms with Gasteiger partial charge in [0.25, 0.3) is 5.91 Å². The molecule has 1 amide bonds. The third-order valence-electron chi connectivity index (χ3n) is 6.08. The number of rotatable bonds is 1. The van der Waals surface area contributed by atoms with E-state index in [1.807, 2.05) is 39.0 Å². The summed E-state index contributed by atoms with van der Waals surface area (Å²) in [5.74, 6) is -0.965. The maximum Gasteiger partial charge on any atom is 0.265 e. The number of para-hydroxylation sites is 1. The molecule has 2 atom stereocenters. The predicted octanol–water partition coefficient (Wildman–Crippen LogP) is 3.57. The largest absolute Gasteiger partial charge is 0.375 e. The number of aliphatic hydroxyl groups is 1. The summed E-state index contributed by atoms with van der Waals surface area (Å²) >= 11 is 0. The summed E-state index contributed by atoms with van der Waals surface area (Å²) in [6, 6.07) is 5.69. The molecule has 3 aliphatic rings. The molecule has 2 aliphatic heterocycles. The number of carbonyl (C=O) groups excluding carboxylic acids is 2. The van der Waals surface area contributed by atoms with Crippen molar-refractivity contribution in [3.05, 3.63) is 35.4 Å². The standard InChI is InChI=1S/C21H25NO3/c1-13-12-20(2,3)22-18-14(13)8-7-10-16(18)21(25,19(22)24)15-9-5-4-6-11-17(15)23/h7-8,10,12,15,25H,4-6,9,11H2,1-3H3. The number of hydrogen-bond acceptors (Lipinski definition) is 3. The minimum Gasteiger partial charge on any atom is -0.375 e. The molecule has 1 aromatic carbocycles. The monoisotopic (exact) mass is 339 g/mol. The number of nitrogens with zero attached hydrogens (tertiary/aromatic N) is 1. The van der Waals surface area contributed by atoms with Gasteiger partial charge in [0.2, 0.25) is 0 Å². The number of benzene rings is 1. The van der Waals surface area contributed by atoms with E-state index < -0.39 is 17.1 Å². The highest BCUT2D eigenvalue weighted by Crippen LogP contribution is 2.54. The molecular weight excluding hydrogens is 314 g/mol. The predicted molar refractivity (Wildman–Crippen MR) is 97.1 cm³/mol. The van der Waals surface area contributed by atoms with E-state index in [0.29, 0.717) is 18.4 Å². The van der Waals surface area contributed by atoms with E-state index in [2.05, 4.69) is 6.08 Å². The van der Waals surface area contributed by atoms with Crippen molar-refractivity contribution in [3.63, 3.8) is 0 Å². The van der Waals surface area contributed by atoms with Crippen LogP contribution in [0.1, 0.15) is 64.0 Å². The molecule has 1 saturated carbocycles. The SMILES string of the molecule is CC1=CC(C)(C)N2C(=O)C(O)(C3CCCCCC3=O)c3cccc1c32. The topological polar surface area (TPSA) is 57.6 Å². The van der Waals surface area contributed by atoms with E-state index in [1.54, 1.807) is 4.90 Å². The Morgan fingerprint density at radius 1 is 1.16 bits per heavy atom. The Labute approximate surface area is 148 Å². The lowest BCUT2D eigenvalue weighted by atomic mass is 9.77. The van der Waals surface area contributed by atoms with Crippen LogP contribution in [0.15, 0.2) is 24.3 Å². The van der Waals surface area contributed by atoms with Crippen molar-refractivity contribution in [2.24, 2.45) is 5.92 Å². The number of anilines is 1. The first kappa shape index (κ1) is 16.5. The lowest BCUT2D eigenvalue weighted by Crippen LogP contribution is -2.54. The highest BCUT2D eigenvalue weighted by atomic mass is 16.3. The second-order valence-electron chi connectivity index (χ2n) is 8.21. The van der Waals surface area contributed by atoms with Gasteiger partial charge in [-0.05, 0) is 39.2 Å². The van der Waals surface area contributed by atoms with Gasteiger partial charge in [0.05, 0.1) is 17.1 Å². The van der Waals surface area contributed by atoms with Crippen LogP contribution < -0.4 is 4.90 Å². The van der Waals surface area contributed by atoms with Crippen molar-refractivity contribution in [2.75, 3.05) is 4.90 Å². The Morgan fingerprint density at radius 3 is 2.68 bits per heavy atom. The first-order valence-electron chi connectivity index (χ1n) is 9.21. The highest BCUT2D eigenvalue weighted by Gasteiger charge is 2.60. The first-order valence-corrected chi connectivity index (χ1v) is 9.21. The molecule has 0 spiro atoms. The van der Waals surface area contributed by atoms with Crippen LogP contribution in [0.25, 0.3) is 5.57 Å². The third kappa shape index (κ3) is 2.10. The van der Waals surface area contributed by atoms with E-state index in [0.717, 1.165) is 36.1 Å². The summed E-state index contributed by atoms with van der Waals surface area (Å²) in [5.41, 5.74) is 1.21. The molecule has 0 bridgehead atoms. The fourth-order valence-electron chi connectivity index (χ4n) is 4.96. The summed E-state index contributed by atoms with van der Waals surface area (Å²) in [4.78, 5) is 27.9. The van der Waals surface area contributed by atoms with Crippen LogP contribution in [0.2, 0.25) is 0 Å². The van der Waals surface area contributed by atoms with E-state index >= 15 is 0 Å². The molecule has 1 aliphatic carbocycles. The zero-order valence-corrected chi connectivity index (χ0v) is 15.1. The lowest BCUT2D eigenvalue weighted by molar-refractivity contribution is -0.150. The van der Waals surface area contributed by atoms with Crippen molar-refractivity contribution >= 4 is 23.0 Å². The molecule has 4 heteroatoms. The molecule has 4 rings (SSSR count). The van der Waals surface area contributed by atoms with Gasteiger partial charge < -0.3 is 5.11 Å². The molecule has 2 heterocycles. The van der Waals surface area contributed by atoms with E-state index in [1.165, 1.54) is 0 Å². The Hall–Kier alpha value is -1.94. The van der Waals surface area contributed by atoms with Crippen LogP contribution in [0, 0.1) is 5.92 Å². The van der Waals surface area contributed by atoms with Crippen molar-refractivity contribution in [1.29, 1.82) is 0 Å². The second-order valence-corrected chi connectivity index (χ2v) is 8.21. The Kier molecular flexibility index (Phi) is 3.49. The van der Waals surface area contributed by atoms with Crippen LogP contribution in [-0.4, -0.2) is 22.3 Å². The molecule has 4 nitrogen and oxygen atoms in total. The number of allylic oxidation sites excluding steroid dienone is 1. The summed E-state index contributed by atoms with van der Waals surface area (Å²) in [6.07, 6.45) is 5.80. The van der Waals surface area contributed by atoms with Crippen LogP contribution in [0.5, 0.6) is 0 Å². The lowest BCUT2D eigenvalue weighted by Gasteiger charge is -2.39. The average Bonchev–Trinajstić information content (AvgIpc) is 2.68. The highest BCUT2D eigenvalue weighted by molar-refractivity contribution is 6.13. The van der Waals surface area contributed by atoms with E-state index in [9.17, 15) is 14.7 Å². The Bertz CT molecular complexity index is 807. The zero-order chi connectivity index (χ0) is 18.0. The second kappa shape index (κ2) is 5.28. The van der Waals surface area contributed by atoms with Crippen molar-refractivity contribution in [3.8, 4) is 0 Å². The van der Waals surface area contributed by atoms with Gasteiger partial charge in [0, 0.05) is 17.5 Å². The molecule has 0 aromatic heterocycles. The van der Waals surface area contributed by atoms with Crippen molar-refractivity contribution in [2.45, 2.75) is 64.0 Å². The van der Waals surface area contributed by atoms with E-state index in [-0.39, 0.29) is 11.7 Å². The number of carbonyl (C=O) groups is 2. The summed E-state index contributed by atoms with van der Waals surface area (Å²) < 4.78 is 0. The Balaban J connectivity index is 1.95. The van der Waals surface area contributed by atoms with Crippen molar-refractivity contribution in [1.82, 2.24) is 0 Å². The molecule has 2 unspecified atom stereocenters. The molecular formula is C21H25NO3. The summed E-state index contributed by atoms with van der Waals surface area (Å²) in [7, 11) is 0. The van der Waals surface area contributed by atoms with Gasteiger partial charge in [0.1, 0.15) is 5.78 Å². The molecule has 132 valence electrons. The van der Waals surface area contributed by atoms with Crippen LogP contribution >= 0.6 is 0 Å². The molecule has 1 N–H and O–H groups in total. The maximum atomic E-state index is 13.5. The Morgan fingerprint density at radius 2 is 1.92 bits per heavy atom. The van der Waals surface area contributed by atoms with Crippen LogP contribution in [0.3, 0.4) is 0 Å². The average molecular weight is 339 g/mol. The number of Topliss-reactive ketones (excluding diaryl/α,β-unsaturated/α-hetero) is 1. The molecule has 25 heavy (non-hydrogen) atoms. The molecule has 0 saturated heterocycles. The van der Waals surface area contributed by atoms with Gasteiger partial charge in [-0.25, -0.2) is 0 Å². The molecule has 0 radical (unpaired) electrons. The maximum absolute atomic E-state index is 13.5. The van der Waals surface area contributed by atoms with E-state index in [4.69, 9.17) is 0 Å². The smallest absolute Gasteiger partial charge is 0.265 e. The minimum atomic E-state index is -1.73. The minimum absolute atomic E-state index is 0.0216. The van der Waals surface area contributed by atoms with Gasteiger partial charge in [-0.2, -0.15) is 0 Å². The van der Waals surface area contributed by atoms with Gasteiger partial charge in [-0.1, -0.05) is 37.1 Å². The van der Waals surface area contributed by atoms with Gasteiger partial charge >= 0.3 is 0 Å². The fraction of sp³-hybridized carbons (Fsp3) is 0.524. The van der Waals surface area contributed by atoms with Crippen molar-refractivity contribution < 1.29 is 14.7 Å². The third-order valence-corrected chi connectivity index (χ3v) is 6.08. The van der Waals surface area contributed by atoms with Crippen LogP contribution in [0.4, 0.5) is 5.69 Å². The molecule has 1 aromatic rings. The van der Waals surface area contributed by atoms with Gasteiger partial charge in [-0.15, -0.1) is 0 Å².